The molecule has 0 aliphatic heterocycles. The van der Waals surface area contributed by atoms with Crippen LogP contribution in [-0.4, -0.2) is 18.2 Å². The van der Waals surface area contributed by atoms with E-state index in [4.69, 9.17) is 4.74 Å². The lowest BCUT2D eigenvalue weighted by Crippen LogP contribution is -2.34. The minimum absolute atomic E-state index is 0.420. The fourth-order valence-corrected chi connectivity index (χ4v) is 3.15. The van der Waals surface area contributed by atoms with E-state index in [0.717, 1.165) is 37.0 Å². The van der Waals surface area contributed by atoms with Crippen LogP contribution in [0.2, 0.25) is 0 Å². The van der Waals surface area contributed by atoms with E-state index in [9.17, 15) is 9.90 Å². The Morgan fingerprint density at radius 2 is 2.16 bits per heavy atom. The summed E-state index contributed by atoms with van der Waals surface area (Å²) in [7, 11) is 1.63. The van der Waals surface area contributed by atoms with E-state index in [-0.39, 0.29) is 0 Å². The number of benzene rings is 1. The molecule has 0 spiro atoms. The molecule has 0 radical (unpaired) electrons. The second-order valence-corrected chi connectivity index (χ2v) is 4.95. The molecule has 1 atom stereocenters. The van der Waals surface area contributed by atoms with Gasteiger partial charge in [0.15, 0.2) is 0 Å². The molecule has 1 aliphatic rings. The minimum atomic E-state index is -0.813. The highest BCUT2D eigenvalue weighted by Gasteiger charge is 2.41. The number of hydrogen-bond acceptors (Lipinski definition) is 2. The minimum Gasteiger partial charge on any atom is -0.496 e. The molecule has 0 heterocycles. The third-order valence-electron chi connectivity index (χ3n) is 4.13. The Kier molecular flexibility index (Phi) is 3.93. The summed E-state index contributed by atoms with van der Waals surface area (Å²) in [4.78, 5) is 11.6. The lowest BCUT2D eigenvalue weighted by atomic mass is 9.66. The molecule has 1 N–H and O–H groups in total. The van der Waals surface area contributed by atoms with Crippen LogP contribution in [0, 0.1) is 0 Å². The molecule has 1 aromatic carbocycles. The van der Waals surface area contributed by atoms with Gasteiger partial charge in [0.1, 0.15) is 5.75 Å². The molecule has 0 fully saturated rings. The van der Waals surface area contributed by atoms with E-state index in [1.807, 2.05) is 30.3 Å². The second-order valence-electron chi connectivity index (χ2n) is 4.95. The summed E-state index contributed by atoms with van der Waals surface area (Å²) < 4.78 is 5.43. The van der Waals surface area contributed by atoms with Crippen molar-refractivity contribution in [1.82, 2.24) is 0 Å². The van der Waals surface area contributed by atoms with Crippen LogP contribution in [0.3, 0.4) is 0 Å². The summed E-state index contributed by atoms with van der Waals surface area (Å²) in [6, 6.07) is 7.76. The molecule has 0 saturated carbocycles. The summed E-state index contributed by atoms with van der Waals surface area (Å²) in [5.41, 5.74) is 1.09. The van der Waals surface area contributed by atoms with E-state index >= 15 is 0 Å². The fourth-order valence-electron chi connectivity index (χ4n) is 3.15. The van der Waals surface area contributed by atoms with Gasteiger partial charge in [0.2, 0.25) is 0 Å². The molecule has 0 bridgehead atoms. The van der Waals surface area contributed by atoms with Gasteiger partial charge in [-0.1, -0.05) is 31.2 Å². The summed E-state index contributed by atoms with van der Waals surface area (Å²) in [6.45, 7) is 2.05. The van der Waals surface area contributed by atoms with E-state index < -0.39 is 11.4 Å². The van der Waals surface area contributed by atoms with Crippen LogP contribution in [0.1, 0.15) is 38.2 Å². The van der Waals surface area contributed by atoms with Gasteiger partial charge in [-0.15, -0.1) is 0 Å². The first kappa shape index (κ1) is 13.7. The Balaban J connectivity index is 2.61. The maximum absolute atomic E-state index is 11.6. The van der Waals surface area contributed by atoms with E-state index in [1.165, 1.54) is 0 Å². The predicted octanol–water partition coefficient (Wildman–Crippen LogP) is 3.54. The van der Waals surface area contributed by atoms with Gasteiger partial charge in [-0.25, -0.2) is 4.79 Å². The zero-order chi connectivity index (χ0) is 13.9. The average molecular weight is 260 g/mol. The molecular weight excluding hydrogens is 240 g/mol. The van der Waals surface area contributed by atoms with Crippen molar-refractivity contribution in [2.24, 2.45) is 0 Å². The van der Waals surface area contributed by atoms with Crippen LogP contribution in [0.5, 0.6) is 5.75 Å². The highest BCUT2D eigenvalue weighted by Crippen LogP contribution is 2.46. The van der Waals surface area contributed by atoms with E-state index in [2.05, 4.69) is 6.92 Å². The van der Waals surface area contributed by atoms with Crippen molar-refractivity contribution in [1.29, 1.82) is 0 Å². The normalized spacial score (nSPS) is 22.7. The van der Waals surface area contributed by atoms with Crippen molar-refractivity contribution in [2.45, 2.75) is 38.0 Å². The molecule has 0 amide bonds. The standard InChI is InChI=1S/C16H20O3/c1-3-16(11-7-6-9-13(16)15(17)18)12-8-4-5-10-14(12)19-2/h4-5,8-10H,3,6-7,11H2,1-2H3,(H,17,18). The largest absolute Gasteiger partial charge is 0.496 e. The Morgan fingerprint density at radius 1 is 1.42 bits per heavy atom. The number of aliphatic carboxylic acids is 1. The zero-order valence-electron chi connectivity index (χ0n) is 11.5. The molecular formula is C16H20O3. The quantitative estimate of drug-likeness (QED) is 0.900. The third-order valence-corrected chi connectivity index (χ3v) is 4.13. The van der Waals surface area contributed by atoms with Crippen LogP contribution in [0.15, 0.2) is 35.9 Å². The van der Waals surface area contributed by atoms with Gasteiger partial charge in [-0.3, -0.25) is 0 Å². The number of methoxy groups -OCH3 is 1. The summed E-state index contributed by atoms with van der Waals surface area (Å²) >= 11 is 0. The van der Waals surface area contributed by atoms with Gasteiger partial charge in [-0.2, -0.15) is 0 Å². The van der Waals surface area contributed by atoms with E-state index in [1.54, 1.807) is 7.11 Å². The molecule has 1 aliphatic carbocycles. The predicted molar refractivity (Wildman–Crippen MR) is 74.5 cm³/mol. The molecule has 2 rings (SSSR count). The molecule has 0 saturated heterocycles. The Bertz CT molecular complexity index is 504. The van der Waals surface area contributed by atoms with Crippen LogP contribution < -0.4 is 4.74 Å². The smallest absolute Gasteiger partial charge is 0.332 e. The van der Waals surface area contributed by atoms with Crippen LogP contribution in [-0.2, 0) is 10.2 Å². The van der Waals surface area contributed by atoms with Gasteiger partial charge in [0.25, 0.3) is 0 Å². The Hall–Kier alpha value is -1.77. The highest BCUT2D eigenvalue weighted by atomic mass is 16.5. The highest BCUT2D eigenvalue weighted by molar-refractivity contribution is 5.90. The molecule has 19 heavy (non-hydrogen) atoms. The maximum Gasteiger partial charge on any atom is 0.332 e. The monoisotopic (exact) mass is 260 g/mol. The van der Waals surface area contributed by atoms with Gasteiger partial charge in [-0.05, 0) is 31.7 Å². The topological polar surface area (TPSA) is 46.5 Å². The third kappa shape index (κ3) is 2.25. The number of ether oxygens (including phenoxy) is 1. The molecule has 1 aromatic rings. The van der Waals surface area contributed by atoms with Gasteiger partial charge >= 0.3 is 5.97 Å². The molecule has 0 aromatic heterocycles. The number of allylic oxidation sites excluding steroid dienone is 1. The maximum atomic E-state index is 11.6. The number of carboxylic acid groups (broad SMARTS) is 1. The van der Waals surface area contributed by atoms with Gasteiger partial charge in [0.05, 0.1) is 7.11 Å². The molecule has 102 valence electrons. The summed E-state index contributed by atoms with van der Waals surface area (Å²) in [5, 5.41) is 9.52. The first-order chi connectivity index (χ1) is 9.15. The fraction of sp³-hybridized carbons (Fsp3) is 0.438. The van der Waals surface area contributed by atoms with Crippen molar-refractivity contribution >= 4 is 5.97 Å². The van der Waals surface area contributed by atoms with Crippen molar-refractivity contribution in [3.8, 4) is 5.75 Å². The van der Waals surface area contributed by atoms with Crippen molar-refractivity contribution in [3.05, 3.63) is 41.5 Å². The number of carbonyl (C=O) groups is 1. The van der Waals surface area contributed by atoms with Gasteiger partial charge < -0.3 is 9.84 Å². The number of rotatable bonds is 4. The van der Waals surface area contributed by atoms with Crippen LogP contribution in [0.4, 0.5) is 0 Å². The number of para-hydroxylation sites is 1. The Morgan fingerprint density at radius 3 is 2.79 bits per heavy atom. The second kappa shape index (κ2) is 5.47. The molecule has 3 nitrogen and oxygen atoms in total. The average Bonchev–Trinajstić information content (AvgIpc) is 2.46. The van der Waals surface area contributed by atoms with E-state index in [0.29, 0.717) is 5.57 Å². The lowest BCUT2D eigenvalue weighted by Gasteiger charge is -2.37. The lowest BCUT2D eigenvalue weighted by molar-refractivity contribution is -0.133. The number of carboxylic acids is 1. The summed E-state index contributed by atoms with van der Waals surface area (Å²) in [6.07, 6.45) is 5.37. The van der Waals surface area contributed by atoms with Crippen molar-refractivity contribution in [2.75, 3.05) is 7.11 Å². The van der Waals surface area contributed by atoms with Crippen LogP contribution in [0.25, 0.3) is 0 Å². The first-order valence-electron chi connectivity index (χ1n) is 6.73. The van der Waals surface area contributed by atoms with Crippen molar-refractivity contribution < 1.29 is 14.6 Å². The zero-order valence-corrected chi connectivity index (χ0v) is 11.5. The Labute approximate surface area is 113 Å². The first-order valence-corrected chi connectivity index (χ1v) is 6.73. The van der Waals surface area contributed by atoms with Gasteiger partial charge in [0, 0.05) is 16.6 Å². The SMILES string of the molecule is CCC1(c2ccccc2OC)CCCC=C1C(=O)O. The molecule has 1 unspecified atom stereocenters. The molecule has 3 heteroatoms. The number of hydrogen-bond donors (Lipinski definition) is 1. The van der Waals surface area contributed by atoms with Crippen LogP contribution >= 0.6 is 0 Å². The van der Waals surface area contributed by atoms with Crippen molar-refractivity contribution in [3.63, 3.8) is 0 Å². The summed E-state index contributed by atoms with van der Waals surface area (Å²) in [5.74, 6) is -0.0362.